The molecule has 0 heterocycles. The zero-order valence-electron chi connectivity index (χ0n) is 16.8. The highest BCUT2D eigenvalue weighted by Gasteiger charge is 2.13. The molecule has 2 aromatic carbocycles. The lowest BCUT2D eigenvalue weighted by molar-refractivity contribution is -0.138. The van der Waals surface area contributed by atoms with Crippen LogP contribution in [0.25, 0.3) is 11.1 Å². The average molecular weight is 404 g/mol. The quantitative estimate of drug-likeness (QED) is 0.363. The Morgan fingerprint density at radius 1 is 1.04 bits per heavy atom. The highest BCUT2D eigenvalue weighted by atomic mass is 31.2. The molecule has 2 aromatic rings. The summed E-state index contributed by atoms with van der Waals surface area (Å²) in [6, 6.07) is 15.6. The second kappa shape index (κ2) is 11.8. The van der Waals surface area contributed by atoms with E-state index in [-0.39, 0.29) is 0 Å². The number of ether oxygens (including phenoxy) is 1. The summed E-state index contributed by atoms with van der Waals surface area (Å²) in [6.07, 6.45) is 1.73. The Morgan fingerprint density at radius 3 is 2.32 bits per heavy atom. The molecule has 0 aromatic heterocycles. The summed E-state index contributed by atoms with van der Waals surface area (Å²) in [5.74, 6) is -0.513. The largest absolute Gasteiger partial charge is 0.494 e. The number of carbonyl (C=O) groups is 1. The summed E-state index contributed by atoms with van der Waals surface area (Å²) in [4.78, 5) is 11.1. The molecule has 2 rings (SSSR count). The average Bonchev–Trinajstić information content (AvgIpc) is 2.71. The highest BCUT2D eigenvalue weighted by Crippen LogP contribution is 2.38. The second-order valence-electron chi connectivity index (χ2n) is 6.30. The van der Waals surface area contributed by atoms with Gasteiger partial charge in [-0.3, -0.25) is 4.79 Å². The molecule has 1 N–H and O–H groups in total. The van der Waals surface area contributed by atoms with Gasteiger partial charge in [-0.2, -0.15) is 0 Å². The van der Waals surface area contributed by atoms with E-state index in [4.69, 9.17) is 18.9 Å². The SMILES string of the molecule is CCOP(CCCOc1cccc(-c2ccc(C(C)C(=O)O)cc2)c1)OCC. The summed E-state index contributed by atoms with van der Waals surface area (Å²) in [5, 5.41) is 9.12. The van der Waals surface area contributed by atoms with E-state index in [0.29, 0.717) is 19.8 Å². The van der Waals surface area contributed by atoms with E-state index >= 15 is 0 Å². The molecule has 152 valence electrons. The topological polar surface area (TPSA) is 65.0 Å². The Morgan fingerprint density at radius 2 is 1.71 bits per heavy atom. The van der Waals surface area contributed by atoms with Gasteiger partial charge in [0.1, 0.15) is 5.75 Å². The van der Waals surface area contributed by atoms with Gasteiger partial charge in [0.15, 0.2) is 8.38 Å². The van der Waals surface area contributed by atoms with E-state index in [1.807, 2.05) is 62.4 Å². The van der Waals surface area contributed by atoms with Crippen LogP contribution in [0.3, 0.4) is 0 Å². The van der Waals surface area contributed by atoms with Crippen molar-refractivity contribution in [2.45, 2.75) is 33.1 Å². The van der Waals surface area contributed by atoms with Crippen molar-refractivity contribution in [2.75, 3.05) is 26.0 Å². The second-order valence-corrected chi connectivity index (χ2v) is 7.93. The Kier molecular flexibility index (Phi) is 9.42. The van der Waals surface area contributed by atoms with Gasteiger partial charge in [-0.25, -0.2) is 0 Å². The number of hydrogen-bond donors (Lipinski definition) is 1. The Labute approximate surface area is 168 Å². The minimum atomic E-state index is -0.819. The van der Waals surface area contributed by atoms with Crippen LogP contribution in [0.2, 0.25) is 0 Å². The third-order valence-electron chi connectivity index (χ3n) is 4.25. The Bertz CT molecular complexity index is 726. The van der Waals surface area contributed by atoms with E-state index in [1.54, 1.807) is 6.92 Å². The summed E-state index contributed by atoms with van der Waals surface area (Å²) in [7, 11) is -0.819. The molecule has 0 aliphatic rings. The summed E-state index contributed by atoms with van der Waals surface area (Å²) < 4.78 is 17.1. The zero-order chi connectivity index (χ0) is 20.4. The third-order valence-corrected chi connectivity index (χ3v) is 6.02. The Hall–Kier alpha value is -1.94. The number of aliphatic carboxylic acids is 1. The molecule has 0 amide bonds. The molecule has 0 fully saturated rings. The first-order valence-electron chi connectivity index (χ1n) is 9.64. The van der Waals surface area contributed by atoms with E-state index in [1.165, 1.54) is 0 Å². The monoisotopic (exact) mass is 404 g/mol. The lowest BCUT2D eigenvalue weighted by Gasteiger charge is -2.15. The van der Waals surface area contributed by atoms with Crippen LogP contribution < -0.4 is 4.74 Å². The van der Waals surface area contributed by atoms with Gasteiger partial charge in [0.2, 0.25) is 0 Å². The van der Waals surface area contributed by atoms with Crippen LogP contribution in [0.4, 0.5) is 0 Å². The third kappa shape index (κ3) is 6.90. The Balaban J connectivity index is 1.92. The number of rotatable bonds is 12. The first kappa shape index (κ1) is 22.4. The zero-order valence-corrected chi connectivity index (χ0v) is 17.7. The van der Waals surface area contributed by atoms with Crippen molar-refractivity contribution in [3.05, 3.63) is 54.1 Å². The molecule has 0 saturated carbocycles. The van der Waals surface area contributed by atoms with Gasteiger partial charge in [0, 0.05) is 6.16 Å². The molecule has 6 heteroatoms. The smallest absolute Gasteiger partial charge is 0.310 e. The van der Waals surface area contributed by atoms with Crippen LogP contribution in [0.1, 0.15) is 38.7 Å². The highest BCUT2D eigenvalue weighted by molar-refractivity contribution is 7.47. The number of carboxylic acids is 1. The first-order valence-corrected chi connectivity index (χ1v) is 11.0. The van der Waals surface area contributed by atoms with Gasteiger partial charge in [-0.1, -0.05) is 36.4 Å². The summed E-state index contributed by atoms with van der Waals surface area (Å²) >= 11 is 0. The van der Waals surface area contributed by atoms with Crippen molar-refractivity contribution < 1.29 is 23.7 Å². The van der Waals surface area contributed by atoms with Crippen LogP contribution in [0.5, 0.6) is 5.75 Å². The van der Waals surface area contributed by atoms with E-state index < -0.39 is 20.3 Å². The van der Waals surface area contributed by atoms with Crippen LogP contribution in [-0.2, 0) is 13.8 Å². The van der Waals surface area contributed by atoms with Gasteiger partial charge < -0.3 is 18.9 Å². The molecule has 0 aliphatic carbocycles. The maximum absolute atomic E-state index is 11.1. The molecule has 0 bridgehead atoms. The molecule has 0 spiro atoms. The van der Waals surface area contributed by atoms with Crippen molar-refractivity contribution >= 4 is 14.3 Å². The predicted molar refractivity (Wildman–Crippen MR) is 113 cm³/mol. The molecule has 0 saturated heterocycles. The standard InChI is InChI=1S/C22H29O5P/c1-4-26-28(27-5-2)15-7-14-25-21-9-6-8-20(16-21)19-12-10-18(11-13-19)17(3)22(23)24/h6,8-13,16-17H,4-5,7,14-15H2,1-3H3,(H,23,24). The minimum absolute atomic E-state index is 0.512. The molecular weight excluding hydrogens is 375 g/mol. The lowest BCUT2D eigenvalue weighted by atomic mass is 9.97. The molecule has 0 radical (unpaired) electrons. The molecule has 1 unspecified atom stereocenters. The molecule has 5 nitrogen and oxygen atoms in total. The number of hydrogen-bond acceptors (Lipinski definition) is 4. The molecule has 1 atom stereocenters. The van der Waals surface area contributed by atoms with Crippen LogP contribution in [0, 0.1) is 0 Å². The fourth-order valence-corrected chi connectivity index (χ4v) is 4.01. The van der Waals surface area contributed by atoms with E-state index in [9.17, 15) is 4.79 Å². The van der Waals surface area contributed by atoms with Crippen molar-refractivity contribution in [1.82, 2.24) is 0 Å². The number of carboxylic acid groups (broad SMARTS) is 1. The molecule has 0 aliphatic heterocycles. The van der Waals surface area contributed by atoms with Gasteiger partial charge in [-0.05, 0) is 56.0 Å². The minimum Gasteiger partial charge on any atom is -0.494 e. The van der Waals surface area contributed by atoms with E-state index in [2.05, 4.69) is 0 Å². The lowest BCUT2D eigenvalue weighted by Crippen LogP contribution is -2.06. The van der Waals surface area contributed by atoms with Crippen molar-refractivity contribution in [2.24, 2.45) is 0 Å². The van der Waals surface area contributed by atoms with Gasteiger partial charge in [0.05, 0.1) is 25.7 Å². The maximum atomic E-state index is 11.1. The van der Waals surface area contributed by atoms with Gasteiger partial charge in [0.25, 0.3) is 0 Å². The van der Waals surface area contributed by atoms with Crippen LogP contribution in [-0.4, -0.2) is 37.1 Å². The summed E-state index contributed by atoms with van der Waals surface area (Å²) in [6.45, 7) is 7.58. The van der Waals surface area contributed by atoms with Gasteiger partial charge >= 0.3 is 5.97 Å². The first-order chi connectivity index (χ1) is 13.5. The molecule has 28 heavy (non-hydrogen) atoms. The van der Waals surface area contributed by atoms with Crippen molar-refractivity contribution in [1.29, 1.82) is 0 Å². The maximum Gasteiger partial charge on any atom is 0.310 e. The molecular formula is C22H29O5P. The fourth-order valence-electron chi connectivity index (χ4n) is 2.71. The van der Waals surface area contributed by atoms with Crippen molar-refractivity contribution in [3.8, 4) is 16.9 Å². The van der Waals surface area contributed by atoms with Crippen LogP contribution in [0.15, 0.2) is 48.5 Å². The predicted octanol–water partition coefficient (Wildman–Crippen LogP) is 5.70. The van der Waals surface area contributed by atoms with Crippen LogP contribution >= 0.6 is 8.38 Å². The van der Waals surface area contributed by atoms with E-state index in [0.717, 1.165) is 35.0 Å². The summed E-state index contributed by atoms with van der Waals surface area (Å²) in [5.41, 5.74) is 2.87. The normalized spacial score (nSPS) is 12.1. The van der Waals surface area contributed by atoms with Crippen molar-refractivity contribution in [3.63, 3.8) is 0 Å². The van der Waals surface area contributed by atoms with Gasteiger partial charge in [-0.15, -0.1) is 0 Å². The fraction of sp³-hybridized carbons (Fsp3) is 0.409. The number of benzene rings is 2.